The zero-order valence-corrected chi connectivity index (χ0v) is 12.8. The van der Waals surface area contributed by atoms with Crippen LogP contribution < -0.4 is 11.4 Å². The van der Waals surface area contributed by atoms with Crippen molar-refractivity contribution < 1.29 is 18.7 Å². The highest BCUT2D eigenvalue weighted by Crippen LogP contribution is 2.40. The molecule has 0 spiro atoms. The predicted molar refractivity (Wildman–Crippen MR) is 76.7 cm³/mol. The number of carbonyl (C=O) groups is 1. The number of aromatic nitrogens is 2. The molecule has 3 atom stereocenters. The Bertz CT molecular complexity index is 614. The Morgan fingerprint density at radius 1 is 1.68 bits per heavy atom. The Hall–Kier alpha value is -1.96. The van der Waals surface area contributed by atoms with Crippen LogP contribution in [0.1, 0.15) is 33.4 Å². The van der Waals surface area contributed by atoms with Gasteiger partial charge in [-0.2, -0.15) is 4.98 Å². The minimum atomic E-state index is -1.78. The van der Waals surface area contributed by atoms with Crippen molar-refractivity contribution in [2.24, 2.45) is 5.92 Å². The van der Waals surface area contributed by atoms with Gasteiger partial charge >= 0.3 is 11.7 Å². The van der Waals surface area contributed by atoms with Gasteiger partial charge in [-0.25, -0.2) is 9.18 Å². The Labute approximate surface area is 127 Å². The average Bonchev–Trinajstić information content (AvgIpc) is 2.71. The van der Waals surface area contributed by atoms with E-state index in [0.717, 1.165) is 4.57 Å². The van der Waals surface area contributed by atoms with Crippen molar-refractivity contribution in [1.29, 1.82) is 0 Å². The molecule has 1 fully saturated rings. The number of hydrogen-bond donors (Lipinski definition) is 1. The lowest BCUT2D eigenvalue weighted by Gasteiger charge is -2.22. The summed E-state index contributed by atoms with van der Waals surface area (Å²) in [5.74, 6) is -0.584. The molecule has 8 heteroatoms. The standard InChI is InChI=1S/C14H20FN3O4/c1-8(2)11(19)21-7-9-6-14(3,15)12(22-9)18-5-4-10(16)17-13(18)20/h4-5,8-9,12H,6-7H2,1-3H3,(H2,16,17,20). The molecule has 0 bridgehead atoms. The molecule has 22 heavy (non-hydrogen) atoms. The lowest BCUT2D eigenvalue weighted by molar-refractivity contribution is -0.152. The van der Waals surface area contributed by atoms with E-state index in [4.69, 9.17) is 15.2 Å². The van der Waals surface area contributed by atoms with Crippen molar-refractivity contribution in [3.63, 3.8) is 0 Å². The molecule has 1 aliphatic heterocycles. The molecular formula is C14H20FN3O4. The summed E-state index contributed by atoms with van der Waals surface area (Å²) in [6, 6.07) is 1.40. The van der Waals surface area contributed by atoms with Gasteiger partial charge in [-0.05, 0) is 13.0 Å². The molecule has 1 aromatic heterocycles. The van der Waals surface area contributed by atoms with Crippen molar-refractivity contribution in [2.45, 2.75) is 45.2 Å². The van der Waals surface area contributed by atoms with E-state index >= 15 is 0 Å². The van der Waals surface area contributed by atoms with Crippen LogP contribution in [0.25, 0.3) is 0 Å². The van der Waals surface area contributed by atoms with Crippen LogP contribution in [0.5, 0.6) is 0 Å². The number of anilines is 1. The van der Waals surface area contributed by atoms with Crippen molar-refractivity contribution in [3.05, 3.63) is 22.7 Å². The number of esters is 1. The Kier molecular flexibility index (Phi) is 4.50. The molecule has 2 rings (SSSR count). The fourth-order valence-electron chi connectivity index (χ4n) is 2.32. The maximum Gasteiger partial charge on any atom is 0.351 e. The molecule has 0 aromatic carbocycles. The zero-order chi connectivity index (χ0) is 16.5. The van der Waals surface area contributed by atoms with Gasteiger partial charge in [-0.15, -0.1) is 0 Å². The number of nitrogen functional groups attached to an aromatic ring is 1. The third-order valence-electron chi connectivity index (χ3n) is 3.45. The van der Waals surface area contributed by atoms with Crippen molar-refractivity contribution in [3.8, 4) is 0 Å². The normalized spacial score (nSPS) is 28.0. The number of alkyl halides is 1. The highest BCUT2D eigenvalue weighted by atomic mass is 19.1. The second-order valence-electron chi connectivity index (χ2n) is 5.92. The van der Waals surface area contributed by atoms with Gasteiger partial charge in [0.1, 0.15) is 12.4 Å². The highest BCUT2D eigenvalue weighted by molar-refractivity contribution is 5.71. The van der Waals surface area contributed by atoms with E-state index in [-0.39, 0.29) is 30.7 Å². The number of nitrogens with zero attached hydrogens (tertiary/aromatic N) is 2. The maximum atomic E-state index is 14.7. The van der Waals surface area contributed by atoms with Gasteiger partial charge < -0.3 is 15.2 Å². The lowest BCUT2D eigenvalue weighted by atomic mass is 10.0. The van der Waals surface area contributed by atoms with Gasteiger partial charge in [0, 0.05) is 12.6 Å². The number of carbonyl (C=O) groups excluding carboxylic acids is 1. The molecule has 1 aromatic rings. The molecule has 0 saturated carbocycles. The van der Waals surface area contributed by atoms with Crippen LogP contribution in [-0.2, 0) is 14.3 Å². The molecule has 3 unspecified atom stereocenters. The van der Waals surface area contributed by atoms with E-state index in [2.05, 4.69) is 4.98 Å². The maximum absolute atomic E-state index is 14.7. The van der Waals surface area contributed by atoms with Gasteiger partial charge in [0.25, 0.3) is 0 Å². The first kappa shape index (κ1) is 16.4. The third kappa shape index (κ3) is 3.44. The summed E-state index contributed by atoms with van der Waals surface area (Å²) < 4.78 is 26.4. The Morgan fingerprint density at radius 2 is 2.36 bits per heavy atom. The van der Waals surface area contributed by atoms with Crippen LogP contribution in [0.3, 0.4) is 0 Å². The van der Waals surface area contributed by atoms with Gasteiger partial charge in [0.2, 0.25) is 0 Å². The van der Waals surface area contributed by atoms with Gasteiger partial charge in [0.05, 0.1) is 12.0 Å². The van der Waals surface area contributed by atoms with Crippen LogP contribution in [0.2, 0.25) is 0 Å². The number of rotatable bonds is 4. The highest BCUT2D eigenvalue weighted by Gasteiger charge is 2.47. The molecular weight excluding hydrogens is 293 g/mol. The largest absolute Gasteiger partial charge is 0.463 e. The minimum Gasteiger partial charge on any atom is -0.463 e. The average molecular weight is 313 g/mol. The van der Waals surface area contributed by atoms with E-state index < -0.39 is 23.7 Å². The fraction of sp³-hybridized carbons (Fsp3) is 0.643. The van der Waals surface area contributed by atoms with Crippen LogP contribution in [0, 0.1) is 5.92 Å². The van der Waals surface area contributed by atoms with Crippen molar-refractivity contribution in [1.82, 2.24) is 9.55 Å². The molecule has 1 saturated heterocycles. The summed E-state index contributed by atoms with van der Waals surface area (Å²) in [6.45, 7) is 4.70. The van der Waals surface area contributed by atoms with E-state index in [9.17, 15) is 14.0 Å². The lowest BCUT2D eigenvalue weighted by Crippen LogP contribution is -2.35. The van der Waals surface area contributed by atoms with E-state index in [1.54, 1.807) is 13.8 Å². The summed E-state index contributed by atoms with van der Waals surface area (Å²) in [4.78, 5) is 26.8. The molecule has 0 radical (unpaired) electrons. The van der Waals surface area contributed by atoms with E-state index in [0.29, 0.717) is 0 Å². The first-order chi connectivity index (χ1) is 10.2. The molecule has 7 nitrogen and oxygen atoms in total. The van der Waals surface area contributed by atoms with Gasteiger partial charge in [-0.1, -0.05) is 13.8 Å². The van der Waals surface area contributed by atoms with E-state index in [1.165, 1.54) is 19.2 Å². The molecule has 2 heterocycles. The first-order valence-corrected chi connectivity index (χ1v) is 7.06. The Morgan fingerprint density at radius 3 is 2.95 bits per heavy atom. The second-order valence-corrected chi connectivity index (χ2v) is 5.92. The number of halogens is 1. The number of hydrogen-bond acceptors (Lipinski definition) is 6. The van der Waals surface area contributed by atoms with Crippen LogP contribution in [-0.4, -0.2) is 33.9 Å². The molecule has 0 amide bonds. The summed E-state index contributed by atoms with van der Waals surface area (Å²) in [6.07, 6.45) is -0.391. The fourth-order valence-corrected chi connectivity index (χ4v) is 2.32. The van der Waals surface area contributed by atoms with Crippen LogP contribution >= 0.6 is 0 Å². The van der Waals surface area contributed by atoms with Crippen LogP contribution in [0.4, 0.5) is 10.2 Å². The summed E-state index contributed by atoms with van der Waals surface area (Å²) in [7, 11) is 0. The number of nitrogens with two attached hydrogens (primary N) is 1. The molecule has 2 N–H and O–H groups in total. The van der Waals surface area contributed by atoms with Gasteiger partial charge in [0.15, 0.2) is 11.9 Å². The van der Waals surface area contributed by atoms with Gasteiger partial charge in [-0.3, -0.25) is 9.36 Å². The predicted octanol–water partition coefficient (Wildman–Crippen LogP) is 1.04. The Balaban J connectivity index is 2.10. The summed E-state index contributed by atoms with van der Waals surface area (Å²) in [5, 5.41) is 0. The molecule has 1 aliphatic rings. The second kappa shape index (κ2) is 6.04. The molecule has 122 valence electrons. The van der Waals surface area contributed by atoms with Crippen molar-refractivity contribution >= 4 is 11.8 Å². The smallest absolute Gasteiger partial charge is 0.351 e. The zero-order valence-electron chi connectivity index (χ0n) is 12.8. The quantitative estimate of drug-likeness (QED) is 0.834. The topological polar surface area (TPSA) is 96.4 Å². The van der Waals surface area contributed by atoms with Crippen LogP contribution in [0.15, 0.2) is 17.1 Å². The monoisotopic (exact) mass is 313 g/mol. The first-order valence-electron chi connectivity index (χ1n) is 7.06. The summed E-state index contributed by atoms with van der Waals surface area (Å²) >= 11 is 0. The molecule has 0 aliphatic carbocycles. The van der Waals surface area contributed by atoms with E-state index in [1.807, 2.05) is 0 Å². The number of ether oxygens (including phenoxy) is 2. The van der Waals surface area contributed by atoms with Crippen molar-refractivity contribution in [2.75, 3.05) is 12.3 Å². The SMILES string of the molecule is CC(C)C(=O)OCC1CC(C)(F)C(n2ccc(N)nc2=O)O1. The summed E-state index contributed by atoms with van der Waals surface area (Å²) in [5.41, 5.74) is 2.95. The third-order valence-corrected chi connectivity index (χ3v) is 3.45. The minimum absolute atomic E-state index is 0.0137.